The Morgan fingerprint density at radius 1 is 1.10 bits per heavy atom. The summed E-state index contributed by atoms with van der Waals surface area (Å²) in [6, 6.07) is 16.1. The van der Waals surface area contributed by atoms with Crippen LogP contribution in [0, 0.1) is 0 Å². The molecule has 2 N–H and O–H groups in total. The number of hydrogen-bond acceptors (Lipinski definition) is 2. The summed E-state index contributed by atoms with van der Waals surface area (Å²) >= 11 is 0. The smallest absolute Gasteiger partial charge is 0.325 e. The third-order valence-electron chi connectivity index (χ3n) is 5.69. The summed E-state index contributed by atoms with van der Waals surface area (Å²) in [5.74, 6) is 0.331. The van der Waals surface area contributed by atoms with Gasteiger partial charge in [0.05, 0.1) is 0 Å². The van der Waals surface area contributed by atoms with Gasteiger partial charge in [0.15, 0.2) is 0 Å². The zero-order valence-electron chi connectivity index (χ0n) is 17.5. The van der Waals surface area contributed by atoms with Gasteiger partial charge in [-0.1, -0.05) is 44.2 Å². The molecule has 0 radical (unpaired) electrons. The number of nitrogens with one attached hydrogen (secondary N) is 2. The molecule has 1 aromatic heterocycles. The average Bonchev–Trinajstić information content (AvgIpc) is 3.32. The maximum absolute atomic E-state index is 12.7. The van der Waals surface area contributed by atoms with Crippen LogP contribution in [-0.4, -0.2) is 48.0 Å². The van der Waals surface area contributed by atoms with Crippen LogP contribution in [0.4, 0.5) is 10.5 Å². The second kappa shape index (κ2) is 8.61. The van der Waals surface area contributed by atoms with Gasteiger partial charge in [0.25, 0.3) is 0 Å². The van der Waals surface area contributed by atoms with Crippen LogP contribution in [0.25, 0.3) is 10.9 Å². The van der Waals surface area contributed by atoms with Gasteiger partial charge in [0.1, 0.15) is 6.54 Å². The van der Waals surface area contributed by atoms with E-state index < -0.39 is 0 Å². The molecule has 3 amide bonds. The molecule has 156 valence electrons. The molecule has 1 fully saturated rings. The van der Waals surface area contributed by atoms with Crippen molar-refractivity contribution in [2.24, 2.45) is 0 Å². The van der Waals surface area contributed by atoms with Crippen molar-refractivity contribution in [3.05, 3.63) is 65.9 Å². The minimum absolute atomic E-state index is 0.0906. The molecule has 0 unspecified atom stereocenters. The number of aromatic amines is 1. The molecule has 3 aromatic rings. The van der Waals surface area contributed by atoms with Gasteiger partial charge >= 0.3 is 6.03 Å². The Morgan fingerprint density at radius 3 is 2.63 bits per heavy atom. The van der Waals surface area contributed by atoms with Gasteiger partial charge in [-0.2, -0.15) is 0 Å². The van der Waals surface area contributed by atoms with Crippen LogP contribution in [0.3, 0.4) is 0 Å². The number of anilines is 1. The van der Waals surface area contributed by atoms with Gasteiger partial charge in [-0.05, 0) is 41.7 Å². The first-order valence-electron chi connectivity index (χ1n) is 10.5. The van der Waals surface area contributed by atoms with Crippen LogP contribution in [-0.2, 0) is 11.2 Å². The molecule has 1 aliphatic rings. The second-order valence-electron chi connectivity index (χ2n) is 8.06. The third-order valence-corrected chi connectivity index (χ3v) is 5.69. The molecule has 6 heteroatoms. The molecule has 6 nitrogen and oxygen atoms in total. The van der Waals surface area contributed by atoms with Crippen molar-refractivity contribution in [1.29, 1.82) is 0 Å². The number of para-hydroxylation sites is 1. The molecule has 0 spiro atoms. The lowest BCUT2D eigenvalue weighted by Crippen LogP contribution is -2.40. The highest BCUT2D eigenvalue weighted by atomic mass is 16.2. The van der Waals surface area contributed by atoms with E-state index in [1.807, 2.05) is 36.5 Å². The molecular formula is C24H28N4O2. The van der Waals surface area contributed by atoms with Gasteiger partial charge in [-0.15, -0.1) is 0 Å². The third kappa shape index (κ3) is 4.17. The summed E-state index contributed by atoms with van der Waals surface area (Å²) in [4.78, 5) is 31.7. The summed E-state index contributed by atoms with van der Waals surface area (Å²) in [7, 11) is 0. The van der Waals surface area contributed by atoms with E-state index in [0.717, 1.165) is 17.6 Å². The van der Waals surface area contributed by atoms with E-state index in [4.69, 9.17) is 0 Å². The monoisotopic (exact) mass is 404 g/mol. The van der Waals surface area contributed by atoms with E-state index in [9.17, 15) is 9.59 Å². The summed E-state index contributed by atoms with van der Waals surface area (Å²) in [5.41, 5.74) is 4.41. The van der Waals surface area contributed by atoms with Crippen molar-refractivity contribution in [3.63, 3.8) is 0 Å². The number of carbonyl (C=O) groups excluding carboxylic acids is 2. The Bertz CT molecular complexity index is 1040. The molecule has 0 bridgehead atoms. The highest BCUT2D eigenvalue weighted by Crippen LogP contribution is 2.23. The Hall–Kier alpha value is -3.28. The number of urea groups is 1. The summed E-state index contributed by atoms with van der Waals surface area (Å²) in [6.07, 6.45) is 2.74. The fourth-order valence-electron chi connectivity index (χ4n) is 3.91. The second-order valence-corrected chi connectivity index (χ2v) is 8.06. The first kappa shape index (κ1) is 20.0. The van der Waals surface area contributed by atoms with Crippen LogP contribution >= 0.6 is 0 Å². The largest absolute Gasteiger partial charge is 0.361 e. The predicted molar refractivity (Wildman–Crippen MR) is 120 cm³/mol. The Morgan fingerprint density at radius 2 is 1.87 bits per heavy atom. The first-order chi connectivity index (χ1) is 14.5. The molecule has 1 saturated heterocycles. The number of nitrogens with zero attached hydrogens (tertiary/aromatic N) is 2. The minimum Gasteiger partial charge on any atom is -0.361 e. The van der Waals surface area contributed by atoms with Crippen molar-refractivity contribution in [2.75, 3.05) is 31.1 Å². The molecule has 0 atom stereocenters. The van der Waals surface area contributed by atoms with Crippen LogP contribution in [0.1, 0.15) is 30.9 Å². The number of amides is 3. The van der Waals surface area contributed by atoms with Crippen molar-refractivity contribution in [2.45, 2.75) is 26.2 Å². The van der Waals surface area contributed by atoms with Gasteiger partial charge in [0.2, 0.25) is 5.91 Å². The molecular weight excluding hydrogens is 376 g/mol. The number of fused-ring (bicyclic) bond motifs is 1. The number of hydrogen-bond donors (Lipinski definition) is 2. The first-order valence-corrected chi connectivity index (χ1v) is 10.5. The average molecular weight is 405 g/mol. The standard InChI is InChI=1S/C24H28N4O2/c1-17(2)18-7-9-20(10-8-18)28-14-13-27(24(28)30)16-23(29)25-12-11-19-15-26-22-6-4-3-5-21(19)22/h3-10,15,17,26H,11-14,16H2,1-2H3,(H,25,29). The Balaban J connectivity index is 1.28. The highest BCUT2D eigenvalue weighted by molar-refractivity contribution is 5.96. The van der Waals surface area contributed by atoms with Crippen molar-refractivity contribution in [1.82, 2.24) is 15.2 Å². The van der Waals surface area contributed by atoms with Crippen LogP contribution in [0.15, 0.2) is 54.7 Å². The van der Waals surface area contributed by atoms with Gasteiger partial charge < -0.3 is 15.2 Å². The van der Waals surface area contributed by atoms with E-state index in [0.29, 0.717) is 25.6 Å². The highest BCUT2D eigenvalue weighted by Gasteiger charge is 2.30. The van der Waals surface area contributed by atoms with Crippen molar-refractivity contribution >= 4 is 28.5 Å². The lowest BCUT2D eigenvalue weighted by molar-refractivity contribution is -0.121. The molecule has 1 aliphatic heterocycles. The summed E-state index contributed by atoms with van der Waals surface area (Å²) in [6.45, 7) is 6.09. The molecule has 2 heterocycles. The normalized spacial score (nSPS) is 14.2. The van der Waals surface area contributed by atoms with Crippen LogP contribution in [0.5, 0.6) is 0 Å². The Kier molecular flexibility index (Phi) is 5.74. The molecule has 30 heavy (non-hydrogen) atoms. The fraction of sp³-hybridized carbons (Fsp3) is 0.333. The molecule has 0 saturated carbocycles. The van der Waals surface area contributed by atoms with Crippen molar-refractivity contribution < 1.29 is 9.59 Å². The van der Waals surface area contributed by atoms with E-state index >= 15 is 0 Å². The number of benzene rings is 2. The fourth-order valence-corrected chi connectivity index (χ4v) is 3.91. The SMILES string of the molecule is CC(C)c1ccc(N2CCN(CC(=O)NCCc3c[nH]c4ccccc34)C2=O)cc1. The van der Waals surface area contributed by atoms with E-state index in [-0.39, 0.29) is 18.5 Å². The van der Waals surface area contributed by atoms with E-state index in [1.54, 1.807) is 9.80 Å². The zero-order chi connectivity index (χ0) is 21.1. The predicted octanol–water partition coefficient (Wildman–Crippen LogP) is 3.89. The van der Waals surface area contributed by atoms with Crippen molar-refractivity contribution in [3.8, 4) is 0 Å². The zero-order valence-corrected chi connectivity index (χ0v) is 17.5. The number of carbonyl (C=O) groups is 2. The summed E-state index contributed by atoms with van der Waals surface area (Å²) in [5, 5.41) is 4.12. The van der Waals surface area contributed by atoms with Gasteiger partial charge in [0, 0.05) is 42.4 Å². The van der Waals surface area contributed by atoms with Crippen LogP contribution < -0.4 is 10.2 Å². The van der Waals surface area contributed by atoms with Gasteiger partial charge in [-0.25, -0.2) is 4.79 Å². The number of rotatable bonds is 7. The quantitative estimate of drug-likeness (QED) is 0.627. The maximum Gasteiger partial charge on any atom is 0.325 e. The lowest BCUT2D eigenvalue weighted by atomic mass is 10.0. The van der Waals surface area contributed by atoms with Crippen LogP contribution in [0.2, 0.25) is 0 Å². The lowest BCUT2D eigenvalue weighted by Gasteiger charge is -2.19. The van der Waals surface area contributed by atoms with E-state index in [2.05, 4.69) is 42.3 Å². The summed E-state index contributed by atoms with van der Waals surface area (Å²) < 4.78 is 0. The molecule has 4 rings (SSSR count). The van der Waals surface area contributed by atoms with Gasteiger partial charge in [-0.3, -0.25) is 9.69 Å². The number of aromatic nitrogens is 1. The number of H-pyrrole nitrogens is 1. The topological polar surface area (TPSA) is 68.4 Å². The van der Waals surface area contributed by atoms with E-state index in [1.165, 1.54) is 16.5 Å². The molecule has 2 aromatic carbocycles. The minimum atomic E-state index is -0.125. The molecule has 0 aliphatic carbocycles. The Labute approximate surface area is 176 Å². The maximum atomic E-state index is 12.7.